The highest BCUT2D eigenvalue weighted by atomic mass is 32.2. The number of hydrogen-bond acceptors (Lipinski definition) is 5. The van der Waals surface area contributed by atoms with Gasteiger partial charge in [0, 0.05) is 17.9 Å². The fraction of sp³-hybridized carbons (Fsp3) is 0.294. The summed E-state index contributed by atoms with van der Waals surface area (Å²) in [4.78, 5) is 26.1. The van der Waals surface area contributed by atoms with Gasteiger partial charge in [-0.1, -0.05) is 30.3 Å². The van der Waals surface area contributed by atoms with Gasteiger partial charge in [-0.2, -0.15) is 0 Å². The van der Waals surface area contributed by atoms with Gasteiger partial charge in [0.15, 0.2) is 5.37 Å². The normalized spacial score (nSPS) is 17.3. The molecule has 0 radical (unpaired) electrons. The van der Waals surface area contributed by atoms with Crippen molar-refractivity contribution < 1.29 is 18.7 Å². The number of hydrogen-bond donors (Lipinski definition) is 0. The van der Waals surface area contributed by atoms with Gasteiger partial charge in [0.05, 0.1) is 12.7 Å². The summed E-state index contributed by atoms with van der Waals surface area (Å²) in [7, 11) is 1.33. The number of thioether (sulfide) groups is 1. The van der Waals surface area contributed by atoms with Crippen molar-refractivity contribution in [3.8, 4) is 11.3 Å². The Labute approximate surface area is 138 Å². The summed E-state index contributed by atoms with van der Waals surface area (Å²) < 4.78 is 10.5. The van der Waals surface area contributed by atoms with Crippen LogP contribution in [0.2, 0.25) is 0 Å². The van der Waals surface area contributed by atoms with Crippen LogP contribution in [0.15, 0.2) is 40.8 Å². The molecular formula is C17H17NO4S. The van der Waals surface area contributed by atoms with Gasteiger partial charge in [0.25, 0.3) is 5.91 Å². The van der Waals surface area contributed by atoms with Crippen LogP contribution in [0.3, 0.4) is 0 Å². The maximum atomic E-state index is 12.8. The Morgan fingerprint density at radius 2 is 2.04 bits per heavy atom. The highest BCUT2D eigenvalue weighted by Gasteiger charge is 2.37. The molecule has 0 unspecified atom stereocenters. The largest absolute Gasteiger partial charge is 0.467 e. The molecule has 1 aliphatic rings. The summed E-state index contributed by atoms with van der Waals surface area (Å²) in [6.45, 7) is 2.28. The van der Waals surface area contributed by atoms with E-state index < -0.39 is 11.3 Å². The van der Waals surface area contributed by atoms with Gasteiger partial charge in [0.1, 0.15) is 11.5 Å². The third kappa shape index (κ3) is 2.99. The Morgan fingerprint density at radius 3 is 2.74 bits per heavy atom. The van der Waals surface area contributed by atoms with E-state index in [9.17, 15) is 9.59 Å². The minimum absolute atomic E-state index is 0.200. The number of benzene rings is 1. The van der Waals surface area contributed by atoms with Crippen LogP contribution in [0, 0.1) is 6.92 Å². The molecule has 0 bridgehead atoms. The zero-order chi connectivity index (χ0) is 16.4. The van der Waals surface area contributed by atoms with E-state index in [2.05, 4.69) is 0 Å². The Bertz CT molecular complexity index is 725. The van der Waals surface area contributed by atoms with Crippen LogP contribution in [-0.2, 0) is 9.53 Å². The maximum absolute atomic E-state index is 12.8. The number of esters is 1. The lowest BCUT2D eigenvalue weighted by Crippen LogP contribution is -2.40. The number of furan rings is 1. The predicted octanol–water partition coefficient (Wildman–Crippen LogP) is 2.94. The van der Waals surface area contributed by atoms with Crippen molar-refractivity contribution in [2.75, 3.05) is 19.4 Å². The van der Waals surface area contributed by atoms with E-state index in [0.29, 0.717) is 29.4 Å². The highest BCUT2D eigenvalue weighted by Crippen LogP contribution is 2.30. The van der Waals surface area contributed by atoms with Gasteiger partial charge < -0.3 is 14.1 Å². The van der Waals surface area contributed by atoms with Crippen molar-refractivity contribution in [3.05, 3.63) is 47.7 Å². The van der Waals surface area contributed by atoms with E-state index in [1.54, 1.807) is 17.9 Å². The first kappa shape index (κ1) is 15.7. The monoisotopic (exact) mass is 331 g/mol. The molecule has 2 heterocycles. The van der Waals surface area contributed by atoms with Crippen LogP contribution in [0.1, 0.15) is 16.1 Å². The standard InChI is InChI=1S/C17H17NO4S/c1-11-13(10-14(22-11)12-6-4-3-5-7-12)15(19)18-8-9-23-16(18)17(20)21-2/h3-7,10,16H,8-9H2,1-2H3/t16-/m1/s1. The molecule has 3 rings (SSSR count). The van der Waals surface area contributed by atoms with Gasteiger partial charge in [-0.15, -0.1) is 11.8 Å². The molecule has 2 aromatic rings. The van der Waals surface area contributed by atoms with E-state index in [0.717, 1.165) is 5.56 Å². The van der Waals surface area contributed by atoms with Crippen molar-refractivity contribution in [1.82, 2.24) is 4.90 Å². The maximum Gasteiger partial charge on any atom is 0.339 e. The summed E-state index contributed by atoms with van der Waals surface area (Å²) >= 11 is 1.42. The number of carbonyl (C=O) groups is 2. The van der Waals surface area contributed by atoms with Crippen LogP contribution in [0.5, 0.6) is 0 Å². The molecule has 1 aromatic heterocycles. The first-order valence-corrected chi connectivity index (χ1v) is 8.33. The van der Waals surface area contributed by atoms with Gasteiger partial charge in [-0.05, 0) is 13.0 Å². The smallest absolute Gasteiger partial charge is 0.339 e. The van der Waals surface area contributed by atoms with Gasteiger partial charge in [-0.3, -0.25) is 4.79 Å². The molecule has 0 saturated carbocycles. The number of ether oxygens (including phenoxy) is 1. The molecule has 23 heavy (non-hydrogen) atoms. The Kier molecular flexibility index (Phi) is 4.43. The lowest BCUT2D eigenvalue weighted by atomic mass is 10.1. The predicted molar refractivity (Wildman–Crippen MR) is 88.2 cm³/mol. The minimum atomic E-state index is -0.582. The number of methoxy groups -OCH3 is 1. The summed E-state index contributed by atoms with van der Waals surface area (Å²) in [6.07, 6.45) is 0. The third-order valence-electron chi connectivity index (χ3n) is 3.76. The molecule has 5 nitrogen and oxygen atoms in total. The molecule has 1 aromatic carbocycles. The van der Waals surface area contributed by atoms with Crippen LogP contribution in [0.25, 0.3) is 11.3 Å². The highest BCUT2D eigenvalue weighted by molar-refractivity contribution is 8.00. The third-order valence-corrected chi connectivity index (χ3v) is 4.94. The SMILES string of the molecule is COC(=O)[C@H]1SCCN1C(=O)c1cc(-c2ccccc2)oc1C. The Balaban J connectivity index is 1.88. The van der Waals surface area contributed by atoms with Crippen molar-refractivity contribution >= 4 is 23.6 Å². The summed E-state index contributed by atoms with van der Waals surface area (Å²) in [5.74, 6) is 1.31. The fourth-order valence-corrected chi connectivity index (χ4v) is 3.71. The molecule has 6 heteroatoms. The van der Waals surface area contributed by atoms with Crippen LogP contribution >= 0.6 is 11.8 Å². The number of rotatable bonds is 3. The number of carbonyl (C=O) groups excluding carboxylic acids is 2. The van der Waals surface area contributed by atoms with Crippen molar-refractivity contribution in [2.45, 2.75) is 12.3 Å². The quantitative estimate of drug-likeness (QED) is 0.809. The second kappa shape index (κ2) is 6.50. The molecule has 1 saturated heterocycles. The summed E-state index contributed by atoms with van der Waals surface area (Å²) in [5.41, 5.74) is 1.40. The summed E-state index contributed by atoms with van der Waals surface area (Å²) in [6, 6.07) is 11.3. The van der Waals surface area contributed by atoms with Gasteiger partial charge in [0.2, 0.25) is 0 Å². The number of amides is 1. The fourth-order valence-electron chi connectivity index (χ4n) is 2.57. The molecule has 1 amide bonds. The second-order valence-electron chi connectivity index (χ2n) is 5.19. The molecule has 1 atom stereocenters. The van der Waals surface area contributed by atoms with E-state index >= 15 is 0 Å². The van der Waals surface area contributed by atoms with Crippen molar-refractivity contribution in [3.63, 3.8) is 0 Å². The molecule has 0 spiro atoms. The number of nitrogens with zero attached hydrogens (tertiary/aromatic N) is 1. The lowest BCUT2D eigenvalue weighted by Gasteiger charge is -2.21. The average molecular weight is 331 g/mol. The molecular weight excluding hydrogens is 314 g/mol. The topological polar surface area (TPSA) is 59.8 Å². The van der Waals surface area contributed by atoms with Gasteiger partial charge >= 0.3 is 5.97 Å². The lowest BCUT2D eigenvalue weighted by molar-refractivity contribution is -0.142. The zero-order valence-electron chi connectivity index (χ0n) is 12.9. The zero-order valence-corrected chi connectivity index (χ0v) is 13.8. The van der Waals surface area contributed by atoms with Crippen molar-refractivity contribution in [2.24, 2.45) is 0 Å². The van der Waals surface area contributed by atoms with Crippen LogP contribution in [0.4, 0.5) is 0 Å². The van der Waals surface area contributed by atoms with E-state index in [4.69, 9.17) is 9.15 Å². The molecule has 120 valence electrons. The van der Waals surface area contributed by atoms with E-state index in [1.165, 1.54) is 18.9 Å². The summed E-state index contributed by atoms with van der Waals surface area (Å²) in [5, 5.41) is -0.582. The Hall–Kier alpha value is -2.21. The average Bonchev–Trinajstić information content (AvgIpc) is 3.21. The first-order valence-electron chi connectivity index (χ1n) is 7.28. The number of aryl methyl sites for hydroxylation is 1. The van der Waals surface area contributed by atoms with E-state index in [1.807, 2.05) is 30.3 Å². The minimum Gasteiger partial charge on any atom is -0.467 e. The van der Waals surface area contributed by atoms with E-state index in [-0.39, 0.29) is 5.91 Å². The van der Waals surface area contributed by atoms with Crippen molar-refractivity contribution in [1.29, 1.82) is 0 Å². The first-order chi connectivity index (χ1) is 11.1. The molecule has 1 fully saturated rings. The molecule has 0 aliphatic carbocycles. The van der Waals surface area contributed by atoms with Crippen LogP contribution < -0.4 is 0 Å². The second-order valence-corrected chi connectivity index (χ2v) is 6.38. The van der Waals surface area contributed by atoms with Gasteiger partial charge in [-0.25, -0.2) is 4.79 Å². The van der Waals surface area contributed by atoms with Crippen LogP contribution in [-0.4, -0.2) is 41.6 Å². The molecule has 0 N–H and O–H groups in total. The molecule has 1 aliphatic heterocycles. The Morgan fingerprint density at radius 1 is 1.30 bits per heavy atom.